The number of ether oxygens (including phenoxy) is 1. The van der Waals surface area contributed by atoms with Crippen LogP contribution < -0.4 is 0 Å². The molecule has 0 aromatic carbocycles. The highest BCUT2D eigenvalue weighted by Crippen LogP contribution is 2.32. The van der Waals surface area contributed by atoms with Gasteiger partial charge in [0.25, 0.3) is 0 Å². The van der Waals surface area contributed by atoms with Crippen molar-refractivity contribution in [1.29, 1.82) is 0 Å². The van der Waals surface area contributed by atoms with E-state index in [1.54, 1.807) is 20.8 Å². The van der Waals surface area contributed by atoms with Crippen LogP contribution in [0.25, 0.3) is 6.08 Å². The first-order chi connectivity index (χ1) is 16.0. The second-order valence-corrected chi connectivity index (χ2v) is 10.8. The van der Waals surface area contributed by atoms with Gasteiger partial charge in [-0.25, -0.2) is 4.98 Å². The molecule has 0 spiro atoms. The topological polar surface area (TPSA) is 117 Å². The van der Waals surface area contributed by atoms with Crippen molar-refractivity contribution >= 4 is 29.2 Å². The van der Waals surface area contributed by atoms with Crippen molar-refractivity contribution in [1.82, 2.24) is 4.98 Å². The summed E-state index contributed by atoms with van der Waals surface area (Å²) in [6.07, 6.45) is 5.87. The predicted molar refractivity (Wildman–Crippen MR) is 133 cm³/mol. The maximum atomic E-state index is 13.1. The summed E-state index contributed by atoms with van der Waals surface area (Å²) < 4.78 is 5.73. The highest BCUT2D eigenvalue weighted by atomic mass is 32.1. The number of aliphatic hydroxyl groups is 3. The van der Waals surface area contributed by atoms with Crippen LogP contribution in [0.1, 0.15) is 77.4 Å². The first-order valence-corrected chi connectivity index (χ1v) is 12.8. The number of cyclic esters (lactones) is 1. The molecule has 2 heterocycles. The van der Waals surface area contributed by atoms with Crippen LogP contribution >= 0.6 is 11.3 Å². The summed E-state index contributed by atoms with van der Waals surface area (Å²) in [4.78, 5) is 30.2. The predicted octanol–water partition coefficient (Wildman–Crippen LogP) is 4.06. The number of rotatable bonds is 3. The lowest BCUT2D eigenvalue weighted by atomic mass is 9.73. The number of hydrogen-bond acceptors (Lipinski definition) is 8. The smallest absolute Gasteiger partial charge is 0.309 e. The molecule has 1 aromatic rings. The Balaban J connectivity index is 2.27. The minimum atomic E-state index is -1.24. The summed E-state index contributed by atoms with van der Waals surface area (Å²) in [6.45, 7) is 8.57. The van der Waals surface area contributed by atoms with Crippen LogP contribution in [0, 0.1) is 17.3 Å². The number of aliphatic hydroxyl groups excluding tert-OH is 3. The number of carbonyl (C=O) groups excluding carboxylic acids is 2. The molecule has 5 atom stereocenters. The van der Waals surface area contributed by atoms with Crippen molar-refractivity contribution in [2.45, 2.75) is 91.6 Å². The minimum absolute atomic E-state index is 0.0574. The molecule has 3 N–H and O–H groups in total. The van der Waals surface area contributed by atoms with E-state index in [1.807, 2.05) is 37.5 Å². The van der Waals surface area contributed by atoms with E-state index in [2.05, 4.69) is 4.98 Å². The van der Waals surface area contributed by atoms with Crippen molar-refractivity contribution in [3.05, 3.63) is 33.8 Å². The molecule has 0 saturated carbocycles. The van der Waals surface area contributed by atoms with Crippen molar-refractivity contribution in [3.8, 4) is 0 Å². The van der Waals surface area contributed by atoms with Crippen LogP contribution in [0.4, 0.5) is 0 Å². The summed E-state index contributed by atoms with van der Waals surface area (Å²) in [5.74, 6) is -1.57. The lowest BCUT2D eigenvalue weighted by Crippen LogP contribution is -2.45. The third-order valence-corrected chi connectivity index (χ3v) is 7.60. The highest BCUT2D eigenvalue weighted by Gasteiger charge is 2.42. The summed E-state index contributed by atoms with van der Waals surface area (Å²) in [5.41, 5.74) is 0.272. The van der Waals surface area contributed by atoms with E-state index in [-0.39, 0.29) is 24.7 Å². The fourth-order valence-corrected chi connectivity index (χ4v) is 4.81. The standard InChI is InChI=1S/C26H39NO6S/c1-16-10-8-6-7-9-11-20(17(2)12-19-15-34-22(14-28)27-19)33-23(30)13-21(29)26(4,5)25(32)18(3)24(16)31/h7,9,12,15-16,18,20-21,24,28-29,31H,6,8,10-11,13-14H2,1-5H3/b9-7-,17-12+/t16-,18?,20-,21-,24-/m0/s1. The average Bonchev–Trinajstić information content (AvgIpc) is 3.25. The SMILES string of the molecule is C/C(=C\c1csc(CO)n1)[C@@H]1C/C=C\CCC[C@H](C)[C@H](O)C(C)C(=O)C(C)(C)[C@@H](O)CC(=O)O1. The molecule has 1 aromatic heterocycles. The monoisotopic (exact) mass is 493 g/mol. The molecule has 1 unspecified atom stereocenters. The Labute approximate surface area is 206 Å². The first-order valence-electron chi connectivity index (χ1n) is 12.0. The molecule has 2 rings (SSSR count). The van der Waals surface area contributed by atoms with Gasteiger partial charge in [0.1, 0.15) is 16.9 Å². The number of Topliss-reactive ketones (excluding diaryl/α,β-unsaturated/α-hetero) is 1. The summed E-state index contributed by atoms with van der Waals surface area (Å²) in [7, 11) is 0. The molecule has 190 valence electrons. The highest BCUT2D eigenvalue weighted by molar-refractivity contribution is 7.09. The van der Waals surface area contributed by atoms with Crippen LogP contribution in [0.5, 0.6) is 0 Å². The quantitative estimate of drug-likeness (QED) is 0.429. The second kappa shape index (κ2) is 12.7. The molecule has 0 aliphatic carbocycles. The summed E-state index contributed by atoms with van der Waals surface area (Å²) in [6, 6.07) is 0. The van der Waals surface area contributed by atoms with Crippen LogP contribution in [0.3, 0.4) is 0 Å². The summed E-state index contributed by atoms with van der Waals surface area (Å²) in [5, 5.41) is 33.2. The maximum absolute atomic E-state index is 13.1. The van der Waals surface area contributed by atoms with Gasteiger partial charge in [-0.2, -0.15) is 0 Å². The molecule has 0 bridgehead atoms. The van der Waals surface area contributed by atoms with Crippen molar-refractivity contribution in [2.24, 2.45) is 17.3 Å². The molecule has 8 heteroatoms. The Bertz CT molecular complexity index is 890. The van der Waals surface area contributed by atoms with Gasteiger partial charge in [-0.05, 0) is 43.8 Å². The Hall–Kier alpha value is -1.87. The van der Waals surface area contributed by atoms with Gasteiger partial charge in [0.05, 0.1) is 36.3 Å². The maximum Gasteiger partial charge on any atom is 0.309 e. The molecule has 1 aliphatic heterocycles. The average molecular weight is 494 g/mol. The third kappa shape index (κ3) is 7.57. The molecule has 0 saturated heterocycles. The lowest BCUT2D eigenvalue weighted by Gasteiger charge is -2.34. The van der Waals surface area contributed by atoms with E-state index < -0.39 is 35.6 Å². The van der Waals surface area contributed by atoms with Crippen LogP contribution in [0.15, 0.2) is 23.1 Å². The zero-order valence-electron chi connectivity index (χ0n) is 20.9. The number of carbonyl (C=O) groups is 2. The van der Waals surface area contributed by atoms with Gasteiger partial charge in [0, 0.05) is 17.7 Å². The van der Waals surface area contributed by atoms with Gasteiger partial charge in [0.2, 0.25) is 0 Å². The van der Waals surface area contributed by atoms with Crippen molar-refractivity contribution < 1.29 is 29.6 Å². The number of nitrogens with zero attached hydrogens (tertiary/aromatic N) is 1. The Morgan fingerprint density at radius 2 is 1.97 bits per heavy atom. The van der Waals surface area contributed by atoms with E-state index >= 15 is 0 Å². The van der Waals surface area contributed by atoms with Crippen molar-refractivity contribution in [3.63, 3.8) is 0 Å². The van der Waals surface area contributed by atoms with E-state index in [9.17, 15) is 24.9 Å². The largest absolute Gasteiger partial charge is 0.457 e. The van der Waals surface area contributed by atoms with E-state index in [0.717, 1.165) is 24.8 Å². The molecule has 7 nitrogen and oxygen atoms in total. The molecular weight excluding hydrogens is 454 g/mol. The van der Waals surface area contributed by atoms with E-state index in [0.29, 0.717) is 17.1 Å². The normalized spacial score (nSPS) is 31.2. The fourth-order valence-electron chi connectivity index (χ4n) is 4.20. The van der Waals surface area contributed by atoms with Gasteiger partial charge >= 0.3 is 5.97 Å². The van der Waals surface area contributed by atoms with Gasteiger partial charge in [-0.15, -0.1) is 11.3 Å². The van der Waals surface area contributed by atoms with E-state index in [1.165, 1.54) is 11.3 Å². The molecule has 0 amide bonds. The van der Waals surface area contributed by atoms with Gasteiger partial charge in [0.15, 0.2) is 0 Å². The lowest BCUT2D eigenvalue weighted by molar-refractivity contribution is -0.154. The van der Waals surface area contributed by atoms with Crippen LogP contribution in [0.2, 0.25) is 0 Å². The fraction of sp³-hybridized carbons (Fsp3) is 0.654. The minimum Gasteiger partial charge on any atom is -0.457 e. The van der Waals surface area contributed by atoms with Crippen molar-refractivity contribution in [2.75, 3.05) is 0 Å². The molecule has 34 heavy (non-hydrogen) atoms. The number of thiazole rings is 1. The Morgan fingerprint density at radius 3 is 2.62 bits per heavy atom. The number of hydrogen-bond donors (Lipinski definition) is 3. The molecule has 1 aliphatic rings. The third-order valence-electron chi connectivity index (χ3n) is 6.75. The summed E-state index contributed by atoms with van der Waals surface area (Å²) >= 11 is 1.36. The van der Waals surface area contributed by atoms with Gasteiger partial charge < -0.3 is 20.1 Å². The number of esters is 1. The van der Waals surface area contributed by atoms with Crippen LogP contribution in [-0.4, -0.2) is 50.4 Å². The second-order valence-electron chi connectivity index (χ2n) is 9.89. The first kappa shape index (κ1) is 28.4. The molecular formula is C26H39NO6S. The zero-order valence-corrected chi connectivity index (χ0v) is 21.7. The Kier molecular flexibility index (Phi) is 10.6. The number of allylic oxidation sites excluding steroid dienone is 1. The zero-order chi connectivity index (χ0) is 25.5. The number of aromatic nitrogens is 1. The van der Waals surface area contributed by atoms with Crippen LogP contribution in [-0.2, 0) is 20.9 Å². The number of ketones is 1. The Morgan fingerprint density at radius 1 is 1.26 bits per heavy atom. The molecule has 0 fully saturated rings. The molecule has 0 radical (unpaired) electrons. The van der Waals surface area contributed by atoms with Gasteiger partial charge in [-0.3, -0.25) is 9.59 Å². The van der Waals surface area contributed by atoms with Gasteiger partial charge in [-0.1, -0.05) is 39.8 Å². The van der Waals surface area contributed by atoms with E-state index in [4.69, 9.17) is 4.74 Å².